The van der Waals surface area contributed by atoms with E-state index in [2.05, 4.69) is 21.2 Å². The number of rotatable bonds is 8. The predicted molar refractivity (Wildman–Crippen MR) is 122 cm³/mol. The number of anilines is 1. The summed E-state index contributed by atoms with van der Waals surface area (Å²) in [7, 11) is 0. The Hall–Kier alpha value is -3.03. The number of carbonyl (C=O) groups is 1. The lowest BCUT2D eigenvalue weighted by Gasteiger charge is -2.28. The third-order valence-electron chi connectivity index (χ3n) is 4.61. The number of phenolic OH excluding ortho intramolecular Hbond substituents is 1. The van der Waals surface area contributed by atoms with Crippen molar-refractivity contribution in [3.05, 3.63) is 88.4 Å². The van der Waals surface area contributed by atoms with Gasteiger partial charge in [-0.2, -0.15) is 0 Å². The van der Waals surface area contributed by atoms with Crippen LogP contribution in [0.4, 0.5) is 10.5 Å². The lowest BCUT2D eigenvalue weighted by atomic mass is 10.0. The number of hydrogen-bond donors (Lipinski definition) is 3. The van der Waals surface area contributed by atoms with Gasteiger partial charge in [0.25, 0.3) is 0 Å². The molecule has 0 bridgehead atoms. The molecule has 0 aliphatic carbocycles. The van der Waals surface area contributed by atoms with Gasteiger partial charge >= 0.3 is 6.09 Å². The van der Waals surface area contributed by atoms with Gasteiger partial charge in [-0.1, -0.05) is 51.8 Å². The molecular formula is C24H24BrNO5. The number of phenols is 1. The summed E-state index contributed by atoms with van der Waals surface area (Å²) in [6.07, 6.45) is -2.23. The molecule has 0 saturated carbocycles. The normalized spacial score (nSPS) is 12.6. The van der Waals surface area contributed by atoms with Gasteiger partial charge < -0.3 is 19.7 Å². The van der Waals surface area contributed by atoms with Crippen molar-refractivity contribution in [2.45, 2.75) is 25.6 Å². The fourth-order valence-corrected chi connectivity index (χ4v) is 3.44. The van der Waals surface area contributed by atoms with E-state index >= 15 is 0 Å². The highest BCUT2D eigenvalue weighted by Crippen LogP contribution is 2.35. The molecule has 6 nitrogen and oxygen atoms in total. The third kappa shape index (κ3) is 6.47. The largest absolute Gasteiger partial charge is 0.508 e. The number of aliphatic hydroxyl groups is 1. The molecule has 162 valence electrons. The summed E-state index contributed by atoms with van der Waals surface area (Å²) in [6, 6.07) is 21.2. The molecule has 0 aromatic heterocycles. The third-order valence-corrected chi connectivity index (χ3v) is 5.10. The summed E-state index contributed by atoms with van der Waals surface area (Å²) in [6.45, 7) is 1.76. The monoisotopic (exact) mass is 485 g/mol. The summed E-state index contributed by atoms with van der Waals surface area (Å²) in [4.78, 5) is 12.7. The van der Waals surface area contributed by atoms with Gasteiger partial charge in [0.1, 0.15) is 17.6 Å². The highest BCUT2D eigenvalue weighted by Gasteiger charge is 2.31. The minimum absolute atomic E-state index is 0.0454. The predicted octanol–water partition coefficient (Wildman–Crippen LogP) is 5.58. The average molecular weight is 486 g/mol. The minimum atomic E-state index is -0.977. The molecule has 0 spiro atoms. The summed E-state index contributed by atoms with van der Waals surface area (Å²) >= 11 is 3.39. The molecule has 0 radical (unpaired) electrons. The Labute approximate surface area is 189 Å². The standard InChI is InChI=1S/C24H24BrNO5/c1-16-7-10-18(11-8-16)26-24(29)31-23(20-15-17(25)9-12-21(20)28)22(13-14-27)30-19-5-3-2-4-6-19/h2-12,15,22-23,27-28H,13-14H2,1H3,(H,26,29)/t22-,23-/m1/s1. The highest BCUT2D eigenvalue weighted by molar-refractivity contribution is 9.10. The van der Waals surface area contributed by atoms with E-state index in [4.69, 9.17) is 9.47 Å². The fraction of sp³-hybridized carbons (Fsp3) is 0.208. The molecule has 3 aromatic rings. The molecule has 3 aromatic carbocycles. The maximum atomic E-state index is 12.7. The number of aliphatic hydroxyl groups excluding tert-OH is 1. The number of halogens is 1. The SMILES string of the molecule is Cc1ccc(NC(=O)O[C@H](c2cc(Br)ccc2O)[C@@H](CCO)Oc2ccccc2)cc1. The van der Waals surface area contributed by atoms with Gasteiger partial charge in [0.15, 0.2) is 6.10 Å². The van der Waals surface area contributed by atoms with Gasteiger partial charge in [-0.3, -0.25) is 5.32 Å². The molecular weight excluding hydrogens is 462 g/mol. The van der Waals surface area contributed by atoms with Gasteiger partial charge in [0, 0.05) is 28.8 Å². The van der Waals surface area contributed by atoms with Crippen molar-refractivity contribution in [3.8, 4) is 11.5 Å². The number of nitrogens with one attached hydrogen (secondary N) is 1. The van der Waals surface area contributed by atoms with E-state index < -0.39 is 18.3 Å². The smallest absolute Gasteiger partial charge is 0.412 e. The van der Waals surface area contributed by atoms with Gasteiger partial charge in [0.05, 0.1) is 0 Å². The first kappa shape index (κ1) is 22.7. The van der Waals surface area contributed by atoms with E-state index in [-0.39, 0.29) is 18.8 Å². The minimum Gasteiger partial charge on any atom is -0.508 e. The molecule has 7 heteroatoms. The summed E-state index contributed by atoms with van der Waals surface area (Å²) in [5.74, 6) is 0.513. The molecule has 0 heterocycles. The van der Waals surface area contributed by atoms with E-state index in [1.165, 1.54) is 6.07 Å². The van der Waals surface area contributed by atoms with Gasteiger partial charge in [-0.25, -0.2) is 4.79 Å². The van der Waals surface area contributed by atoms with Crippen LogP contribution in [0.2, 0.25) is 0 Å². The van der Waals surface area contributed by atoms with Crippen LogP contribution >= 0.6 is 15.9 Å². The lowest BCUT2D eigenvalue weighted by molar-refractivity contribution is 0.00797. The van der Waals surface area contributed by atoms with Crippen LogP contribution < -0.4 is 10.1 Å². The zero-order valence-electron chi connectivity index (χ0n) is 17.0. The Kier molecular flexibility index (Phi) is 7.92. The number of aryl methyl sites for hydroxylation is 1. The number of amides is 1. The van der Waals surface area contributed by atoms with Crippen molar-refractivity contribution in [1.82, 2.24) is 0 Å². The lowest BCUT2D eigenvalue weighted by Crippen LogP contribution is -2.32. The van der Waals surface area contributed by atoms with Crippen LogP contribution in [0.5, 0.6) is 11.5 Å². The Balaban J connectivity index is 1.89. The summed E-state index contributed by atoms with van der Waals surface area (Å²) < 4.78 is 12.5. The van der Waals surface area contributed by atoms with Gasteiger partial charge in [-0.05, 0) is 49.4 Å². The van der Waals surface area contributed by atoms with Crippen LogP contribution in [0.1, 0.15) is 23.7 Å². The Morgan fingerprint density at radius 1 is 1.06 bits per heavy atom. The van der Waals surface area contributed by atoms with E-state index in [1.54, 1.807) is 36.4 Å². The van der Waals surface area contributed by atoms with E-state index in [0.29, 0.717) is 21.5 Å². The number of benzene rings is 3. The highest BCUT2D eigenvalue weighted by atomic mass is 79.9. The van der Waals surface area contributed by atoms with E-state index in [0.717, 1.165) is 5.56 Å². The van der Waals surface area contributed by atoms with Crippen molar-refractivity contribution in [2.24, 2.45) is 0 Å². The summed E-state index contributed by atoms with van der Waals surface area (Å²) in [5.41, 5.74) is 2.01. The van der Waals surface area contributed by atoms with E-state index in [1.807, 2.05) is 37.3 Å². The van der Waals surface area contributed by atoms with Crippen molar-refractivity contribution >= 4 is 27.7 Å². The quantitative estimate of drug-likeness (QED) is 0.387. The van der Waals surface area contributed by atoms with Crippen molar-refractivity contribution in [3.63, 3.8) is 0 Å². The van der Waals surface area contributed by atoms with Crippen LogP contribution in [-0.4, -0.2) is 29.0 Å². The number of carbonyl (C=O) groups excluding carboxylic acids is 1. The van der Waals surface area contributed by atoms with Crippen molar-refractivity contribution < 1.29 is 24.5 Å². The van der Waals surface area contributed by atoms with Crippen molar-refractivity contribution in [2.75, 3.05) is 11.9 Å². The molecule has 3 N–H and O–H groups in total. The number of para-hydroxylation sites is 1. The topological polar surface area (TPSA) is 88.0 Å². The van der Waals surface area contributed by atoms with Crippen LogP contribution in [0.25, 0.3) is 0 Å². The molecule has 0 aliphatic heterocycles. The second-order valence-corrected chi connectivity index (χ2v) is 7.92. The molecule has 31 heavy (non-hydrogen) atoms. The number of aromatic hydroxyl groups is 1. The Bertz CT molecular complexity index is 995. The van der Waals surface area contributed by atoms with Gasteiger partial charge in [0.2, 0.25) is 0 Å². The average Bonchev–Trinajstić information content (AvgIpc) is 2.76. The molecule has 0 fully saturated rings. The Morgan fingerprint density at radius 2 is 1.77 bits per heavy atom. The van der Waals surface area contributed by atoms with Crippen LogP contribution in [0.3, 0.4) is 0 Å². The zero-order valence-corrected chi connectivity index (χ0v) is 18.6. The summed E-state index contributed by atoms with van der Waals surface area (Å²) in [5, 5.41) is 22.8. The first-order valence-electron chi connectivity index (χ1n) is 9.81. The van der Waals surface area contributed by atoms with Crippen LogP contribution in [0, 0.1) is 6.92 Å². The van der Waals surface area contributed by atoms with Gasteiger partial charge in [-0.15, -0.1) is 0 Å². The van der Waals surface area contributed by atoms with Crippen molar-refractivity contribution in [1.29, 1.82) is 0 Å². The first-order valence-corrected chi connectivity index (χ1v) is 10.6. The van der Waals surface area contributed by atoms with E-state index in [9.17, 15) is 15.0 Å². The molecule has 0 aliphatic rings. The Morgan fingerprint density at radius 3 is 2.45 bits per heavy atom. The molecule has 1 amide bonds. The first-order chi connectivity index (χ1) is 15.0. The fourth-order valence-electron chi connectivity index (χ4n) is 3.07. The second-order valence-electron chi connectivity index (χ2n) is 7.00. The molecule has 0 unspecified atom stereocenters. The van der Waals surface area contributed by atoms with Crippen LogP contribution in [-0.2, 0) is 4.74 Å². The second kappa shape index (κ2) is 10.8. The molecule has 0 saturated heterocycles. The molecule has 2 atom stereocenters. The molecule has 3 rings (SSSR count). The zero-order chi connectivity index (χ0) is 22.2. The van der Waals surface area contributed by atoms with Crippen LogP contribution in [0.15, 0.2) is 77.3 Å². The maximum Gasteiger partial charge on any atom is 0.412 e. The maximum absolute atomic E-state index is 12.7. The number of hydrogen-bond acceptors (Lipinski definition) is 5. The number of ether oxygens (including phenoxy) is 2.